The number of nitrogen functional groups attached to an aromatic ring is 1. The topological polar surface area (TPSA) is 72.2 Å². The van der Waals surface area contributed by atoms with E-state index >= 15 is 0 Å². The van der Waals surface area contributed by atoms with E-state index in [1.165, 1.54) is 17.9 Å². The van der Waals surface area contributed by atoms with Gasteiger partial charge in [0.25, 0.3) is 0 Å². The van der Waals surface area contributed by atoms with E-state index in [2.05, 4.69) is 11.4 Å². The third kappa shape index (κ3) is 3.11. The van der Waals surface area contributed by atoms with E-state index in [1.54, 1.807) is 12.1 Å². The van der Waals surface area contributed by atoms with Gasteiger partial charge in [-0.15, -0.1) is 0 Å². The Labute approximate surface area is 119 Å². The fourth-order valence-electron chi connectivity index (χ4n) is 1.98. The van der Waals surface area contributed by atoms with Crippen molar-refractivity contribution in [3.63, 3.8) is 0 Å². The maximum Gasteiger partial charge on any atom is 0.175 e. The summed E-state index contributed by atoms with van der Waals surface area (Å²) in [5.41, 5.74) is 10.3. The standard InChI is InChI=1S/C15H18N2O2S/c1-10-4-6-14(11(2)8-10)17-15-7-5-12(9-13(15)16)20(3,18)19/h4-9,17H,16H2,1-3H3. The van der Waals surface area contributed by atoms with Gasteiger partial charge in [0, 0.05) is 11.9 Å². The largest absolute Gasteiger partial charge is 0.397 e. The predicted molar refractivity (Wildman–Crippen MR) is 83.2 cm³/mol. The van der Waals surface area contributed by atoms with Gasteiger partial charge in [0.2, 0.25) is 0 Å². The molecule has 0 saturated heterocycles. The van der Waals surface area contributed by atoms with Gasteiger partial charge >= 0.3 is 0 Å². The minimum Gasteiger partial charge on any atom is -0.397 e. The lowest BCUT2D eigenvalue weighted by Crippen LogP contribution is -2.02. The first kappa shape index (κ1) is 14.4. The number of nitrogens with two attached hydrogens (primary N) is 1. The summed E-state index contributed by atoms with van der Waals surface area (Å²) in [4.78, 5) is 0.223. The van der Waals surface area contributed by atoms with E-state index in [1.807, 2.05) is 26.0 Å². The van der Waals surface area contributed by atoms with Crippen molar-refractivity contribution in [1.82, 2.24) is 0 Å². The third-order valence-corrected chi connectivity index (χ3v) is 4.21. The summed E-state index contributed by atoms with van der Waals surface area (Å²) >= 11 is 0. The van der Waals surface area contributed by atoms with E-state index in [0.29, 0.717) is 11.4 Å². The summed E-state index contributed by atoms with van der Waals surface area (Å²) in [5.74, 6) is 0. The number of hydrogen-bond acceptors (Lipinski definition) is 4. The molecule has 0 heterocycles. The van der Waals surface area contributed by atoms with Gasteiger partial charge < -0.3 is 11.1 Å². The number of benzene rings is 2. The second-order valence-corrected chi connectivity index (χ2v) is 6.98. The molecule has 20 heavy (non-hydrogen) atoms. The van der Waals surface area contributed by atoms with Crippen LogP contribution in [0.2, 0.25) is 0 Å². The van der Waals surface area contributed by atoms with Gasteiger partial charge in [0.05, 0.1) is 16.3 Å². The summed E-state index contributed by atoms with van der Waals surface area (Å²) < 4.78 is 22.9. The Hall–Kier alpha value is -2.01. The fraction of sp³-hybridized carbons (Fsp3) is 0.200. The van der Waals surface area contributed by atoms with Crippen LogP contribution in [0.25, 0.3) is 0 Å². The molecule has 3 N–H and O–H groups in total. The Morgan fingerprint density at radius 1 is 1.00 bits per heavy atom. The van der Waals surface area contributed by atoms with Crippen molar-refractivity contribution in [2.24, 2.45) is 0 Å². The molecule has 4 nitrogen and oxygen atoms in total. The van der Waals surface area contributed by atoms with Gasteiger partial charge in [-0.3, -0.25) is 0 Å². The minimum atomic E-state index is -3.24. The Balaban J connectivity index is 2.35. The van der Waals surface area contributed by atoms with Gasteiger partial charge in [0.1, 0.15) is 0 Å². The van der Waals surface area contributed by atoms with Crippen molar-refractivity contribution >= 4 is 26.9 Å². The Kier molecular flexibility index (Phi) is 3.72. The van der Waals surface area contributed by atoms with Crippen LogP contribution in [0.3, 0.4) is 0 Å². The number of aryl methyl sites for hydroxylation is 2. The van der Waals surface area contributed by atoms with Gasteiger partial charge in [-0.25, -0.2) is 8.42 Å². The Morgan fingerprint density at radius 3 is 2.20 bits per heavy atom. The first-order valence-electron chi connectivity index (χ1n) is 6.21. The molecule has 0 aliphatic carbocycles. The quantitative estimate of drug-likeness (QED) is 0.852. The van der Waals surface area contributed by atoms with Gasteiger partial charge in [-0.2, -0.15) is 0 Å². The predicted octanol–water partition coefficient (Wildman–Crippen LogP) is 3.03. The molecule has 0 amide bonds. The molecule has 0 aromatic heterocycles. The molecule has 0 saturated carbocycles. The van der Waals surface area contributed by atoms with E-state index in [9.17, 15) is 8.42 Å². The zero-order valence-corrected chi connectivity index (χ0v) is 12.6. The van der Waals surface area contributed by atoms with Crippen LogP contribution in [0, 0.1) is 13.8 Å². The van der Waals surface area contributed by atoms with Crippen molar-refractivity contribution in [1.29, 1.82) is 0 Å². The molecular weight excluding hydrogens is 272 g/mol. The highest BCUT2D eigenvalue weighted by Crippen LogP contribution is 2.27. The van der Waals surface area contributed by atoms with Crippen LogP contribution < -0.4 is 11.1 Å². The maximum atomic E-state index is 11.5. The molecule has 0 atom stereocenters. The van der Waals surface area contributed by atoms with E-state index in [0.717, 1.165) is 11.3 Å². The molecule has 2 aromatic carbocycles. The van der Waals surface area contributed by atoms with Crippen molar-refractivity contribution in [2.75, 3.05) is 17.3 Å². The van der Waals surface area contributed by atoms with Crippen LogP contribution in [-0.4, -0.2) is 14.7 Å². The van der Waals surface area contributed by atoms with Crippen molar-refractivity contribution in [2.45, 2.75) is 18.7 Å². The lowest BCUT2D eigenvalue weighted by molar-refractivity contribution is 0.602. The lowest BCUT2D eigenvalue weighted by Gasteiger charge is -2.13. The molecule has 0 aliphatic heterocycles. The highest BCUT2D eigenvalue weighted by atomic mass is 32.2. The third-order valence-electron chi connectivity index (χ3n) is 3.10. The molecule has 5 heteroatoms. The van der Waals surface area contributed by atoms with Gasteiger partial charge in [-0.05, 0) is 43.7 Å². The molecule has 106 valence electrons. The van der Waals surface area contributed by atoms with Crippen LogP contribution >= 0.6 is 0 Å². The van der Waals surface area contributed by atoms with E-state index in [4.69, 9.17) is 5.73 Å². The second-order valence-electron chi connectivity index (χ2n) is 4.96. The number of hydrogen-bond donors (Lipinski definition) is 2. The van der Waals surface area contributed by atoms with Crippen LogP contribution in [0.15, 0.2) is 41.3 Å². The van der Waals surface area contributed by atoms with Crippen LogP contribution in [0.5, 0.6) is 0 Å². The average molecular weight is 290 g/mol. The van der Waals surface area contributed by atoms with Crippen LogP contribution in [0.1, 0.15) is 11.1 Å². The smallest absolute Gasteiger partial charge is 0.175 e. The number of sulfone groups is 1. The van der Waals surface area contributed by atoms with Crippen molar-refractivity contribution in [3.8, 4) is 0 Å². The Bertz CT molecular complexity index is 752. The summed E-state index contributed by atoms with van der Waals surface area (Å²) in [6.07, 6.45) is 1.17. The second kappa shape index (κ2) is 5.17. The van der Waals surface area contributed by atoms with E-state index < -0.39 is 9.84 Å². The summed E-state index contributed by atoms with van der Waals surface area (Å²) in [7, 11) is -3.24. The molecule has 0 bridgehead atoms. The molecule has 2 rings (SSSR count). The average Bonchev–Trinajstić information content (AvgIpc) is 2.33. The minimum absolute atomic E-state index is 0.223. The monoisotopic (exact) mass is 290 g/mol. The van der Waals surface area contributed by atoms with E-state index in [-0.39, 0.29) is 4.90 Å². The zero-order chi connectivity index (χ0) is 14.9. The molecule has 2 aromatic rings. The maximum absolute atomic E-state index is 11.5. The number of nitrogens with one attached hydrogen (secondary N) is 1. The molecule has 0 spiro atoms. The van der Waals surface area contributed by atoms with Gasteiger partial charge in [0.15, 0.2) is 9.84 Å². The number of rotatable bonds is 3. The number of anilines is 3. The molecule has 0 unspecified atom stereocenters. The lowest BCUT2D eigenvalue weighted by atomic mass is 10.1. The SMILES string of the molecule is Cc1ccc(Nc2ccc(S(C)(=O)=O)cc2N)c(C)c1. The first-order valence-corrected chi connectivity index (χ1v) is 8.10. The Morgan fingerprint density at radius 2 is 1.65 bits per heavy atom. The van der Waals surface area contributed by atoms with Gasteiger partial charge in [-0.1, -0.05) is 17.7 Å². The van der Waals surface area contributed by atoms with Crippen LogP contribution in [-0.2, 0) is 9.84 Å². The zero-order valence-electron chi connectivity index (χ0n) is 11.8. The highest BCUT2D eigenvalue weighted by molar-refractivity contribution is 7.90. The normalized spacial score (nSPS) is 11.3. The van der Waals surface area contributed by atoms with Crippen molar-refractivity contribution < 1.29 is 8.42 Å². The molecule has 0 radical (unpaired) electrons. The molecular formula is C15H18N2O2S. The first-order chi connectivity index (χ1) is 9.27. The van der Waals surface area contributed by atoms with Crippen molar-refractivity contribution in [3.05, 3.63) is 47.5 Å². The summed E-state index contributed by atoms with van der Waals surface area (Å²) in [5, 5.41) is 3.23. The van der Waals surface area contributed by atoms with Crippen LogP contribution in [0.4, 0.5) is 17.1 Å². The summed E-state index contributed by atoms with van der Waals surface area (Å²) in [6.45, 7) is 4.04. The fourth-order valence-corrected chi connectivity index (χ4v) is 2.64. The summed E-state index contributed by atoms with van der Waals surface area (Å²) in [6, 6.07) is 10.8. The molecule has 0 aliphatic rings. The molecule has 0 fully saturated rings. The highest BCUT2D eigenvalue weighted by Gasteiger charge is 2.10.